The summed E-state index contributed by atoms with van der Waals surface area (Å²) >= 11 is 6.09. The van der Waals surface area contributed by atoms with Crippen molar-refractivity contribution in [2.45, 2.75) is 26.2 Å². The zero-order valence-corrected chi connectivity index (χ0v) is 12.0. The first-order valence-electron chi connectivity index (χ1n) is 6.55. The average molecular weight is 285 g/mol. The summed E-state index contributed by atoms with van der Waals surface area (Å²) in [6.07, 6.45) is 1.93. The zero-order chi connectivity index (χ0) is 14.1. The van der Waals surface area contributed by atoms with Gasteiger partial charge in [0.25, 0.3) is 0 Å². The van der Waals surface area contributed by atoms with Crippen LogP contribution in [0, 0.1) is 0 Å². The number of carbonyl (C=O) groups is 1. The molecule has 106 valence electrons. The second-order valence-electron chi connectivity index (χ2n) is 4.19. The van der Waals surface area contributed by atoms with E-state index in [1.54, 1.807) is 0 Å². The molecule has 4 nitrogen and oxygen atoms in total. The maximum Gasteiger partial charge on any atom is 0.220 e. The first kappa shape index (κ1) is 15.8. The highest BCUT2D eigenvalue weighted by atomic mass is 35.5. The summed E-state index contributed by atoms with van der Waals surface area (Å²) in [4.78, 5) is 11.5. The van der Waals surface area contributed by atoms with Crippen LogP contribution in [-0.4, -0.2) is 25.6 Å². The monoisotopic (exact) mass is 284 g/mol. The number of nitrogens with one attached hydrogen (secondary N) is 1. The molecule has 3 N–H and O–H groups in total. The standard InChI is InChI=1S/C14H21ClN2O2/c1-2-19-13-6-4-11(10-12(13)15)5-7-14(18)17-9-3-8-16/h4,6,10H,2-3,5,7-9,16H2,1H3,(H,17,18). The molecule has 0 aromatic heterocycles. The second kappa shape index (κ2) is 8.77. The van der Waals surface area contributed by atoms with Crippen molar-refractivity contribution in [3.05, 3.63) is 28.8 Å². The van der Waals surface area contributed by atoms with Crippen LogP contribution in [0.25, 0.3) is 0 Å². The molecule has 1 amide bonds. The second-order valence-corrected chi connectivity index (χ2v) is 4.60. The Bertz CT molecular complexity index is 410. The number of hydrogen-bond donors (Lipinski definition) is 2. The van der Waals surface area contributed by atoms with Crippen molar-refractivity contribution < 1.29 is 9.53 Å². The third-order valence-electron chi connectivity index (χ3n) is 2.64. The molecule has 19 heavy (non-hydrogen) atoms. The van der Waals surface area contributed by atoms with E-state index in [2.05, 4.69) is 5.32 Å². The highest BCUT2D eigenvalue weighted by Crippen LogP contribution is 2.25. The van der Waals surface area contributed by atoms with Crippen LogP contribution in [0.1, 0.15) is 25.3 Å². The number of aryl methyl sites for hydroxylation is 1. The lowest BCUT2D eigenvalue weighted by atomic mass is 10.1. The van der Waals surface area contributed by atoms with Gasteiger partial charge in [0.1, 0.15) is 5.75 Å². The number of amides is 1. The minimum atomic E-state index is 0.0402. The van der Waals surface area contributed by atoms with E-state index in [4.69, 9.17) is 22.1 Å². The fourth-order valence-corrected chi connectivity index (χ4v) is 1.91. The van der Waals surface area contributed by atoms with Crippen LogP contribution in [0.4, 0.5) is 0 Å². The number of benzene rings is 1. The van der Waals surface area contributed by atoms with Gasteiger partial charge >= 0.3 is 0 Å². The molecule has 0 aliphatic carbocycles. The number of carbonyl (C=O) groups excluding carboxylic acids is 1. The Balaban J connectivity index is 2.41. The lowest BCUT2D eigenvalue weighted by Crippen LogP contribution is -2.26. The minimum absolute atomic E-state index is 0.0402. The predicted molar refractivity (Wildman–Crippen MR) is 77.6 cm³/mol. The Kier molecular flexibility index (Phi) is 7.30. The lowest BCUT2D eigenvalue weighted by molar-refractivity contribution is -0.121. The summed E-state index contributed by atoms with van der Waals surface area (Å²) < 4.78 is 5.36. The summed E-state index contributed by atoms with van der Waals surface area (Å²) in [6.45, 7) is 3.73. The Morgan fingerprint density at radius 3 is 2.89 bits per heavy atom. The van der Waals surface area contributed by atoms with E-state index in [9.17, 15) is 4.79 Å². The molecule has 5 heteroatoms. The molecule has 0 atom stereocenters. The van der Waals surface area contributed by atoms with Gasteiger partial charge in [0.05, 0.1) is 11.6 Å². The molecule has 1 rings (SSSR count). The normalized spacial score (nSPS) is 10.3. The van der Waals surface area contributed by atoms with E-state index in [0.29, 0.717) is 43.3 Å². The van der Waals surface area contributed by atoms with E-state index in [0.717, 1.165) is 12.0 Å². The van der Waals surface area contributed by atoms with Crippen LogP contribution in [0.2, 0.25) is 5.02 Å². The number of rotatable bonds is 8. The summed E-state index contributed by atoms with van der Waals surface area (Å²) in [7, 11) is 0. The van der Waals surface area contributed by atoms with Crippen LogP contribution in [0.15, 0.2) is 18.2 Å². The van der Waals surface area contributed by atoms with Crippen molar-refractivity contribution in [3.8, 4) is 5.75 Å². The van der Waals surface area contributed by atoms with Gasteiger partial charge in [0.15, 0.2) is 0 Å². The van der Waals surface area contributed by atoms with Crippen LogP contribution < -0.4 is 15.8 Å². The number of ether oxygens (including phenoxy) is 1. The van der Waals surface area contributed by atoms with Crippen LogP contribution in [-0.2, 0) is 11.2 Å². The van der Waals surface area contributed by atoms with Gasteiger partial charge in [-0.25, -0.2) is 0 Å². The zero-order valence-electron chi connectivity index (χ0n) is 11.2. The molecule has 0 bridgehead atoms. The largest absolute Gasteiger partial charge is 0.492 e. The Morgan fingerprint density at radius 1 is 1.47 bits per heavy atom. The Hall–Kier alpha value is -1.26. The van der Waals surface area contributed by atoms with Gasteiger partial charge in [-0.05, 0) is 44.0 Å². The molecular formula is C14H21ClN2O2. The van der Waals surface area contributed by atoms with Crippen molar-refractivity contribution in [1.82, 2.24) is 5.32 Å². The van der Waals surface area contributed by atoms with Crippen molar-refractivity contribution in [3.63, 3.8) is 0 Å². The first-order chi connectivity index (χ1) is 9.17. The van der Waals surface area contributed by atoms with Gasteiger partial charge in [-0.15, -0.1) is 0 Å². The molecule has 0 saturated heterocycles. The van der Waals surface area contributed by atoms with Crippen LogP contribution in [0.3, 0.4) is 0 Å². The van der Waals surface area contributed by atoms with Gasteiger partial charge in [0, 0.05) is 13.0 Å². The highest BCUT2D eigenvalue weighted by Gasteiger charge is 2.05. The fraction of sp³-hybridized carbons (Fsp3) is 0.500. The fourth-order valence-electron chi connectivity index (χ4n) is 1.65. The molecule has 0 radical (unpaired) electrons. The molecule has 0 saturated carbocycles. The molecular weight excluding hydrogens is 264 g/mol. The van der Waals surface area contributed by atoms with Gasteiger partial charge in [-0.2, -0.15) is 0 Å². The first-order valence-corrected chi connectivity index (χ1v) is 6.93. The van der Waals surface area contributed by atoms with Gasteiger partial charge in [-0.1, -0.05) is 17.7 Å². The third kappa shape index (κ3) is 5.94. The smallest absolute Gasteiger partial charge is 0.220 e. The molecule has 1 aromatic carbocycles. The van der Waals surface area contributed by atoms with Gasteiger partial charge in [0.2, 0.25) is 5.91 Å². The van der Waals surface area contributed by atoms with E-state index in [-0.39, 0.29) is 5.91 Å². The summed E-state index contributed by atoms with van der Waals surface area (Å²) in [6, 6.07) is 5.62. The molecule has 0 aliphatic heterocycles. The number of nitrogens with two attached hydrogens (primary N) is 1. The lowest BCUT2D eigenvalue weighted by Gasteiger charge is -2.08. The number of hydrogen-bond acceptors (Lipinski definition) is 3. The Labute approximate surface area is 119 Å². The van der Waals surface area contributed by atoms with Crippen molar-refractivity contribution in [2.24, 2.45) is 5.73 Å². The van der Waals surface area contributed by atoms with Crippen LogP contribution >= 0.6 is 11.6 Å². The quantitative estimate of drug-likeness (QED) is 0.719. The average Bonchev–Trinajstić information content (AvgIpc) is 2.40. The summed E-state index contributed by atoms with van der Waals surface area (Å²) in [5, 5.41) is 3.41. The van der Waals surface area contributed by atoms with Crippen molar-refractivity contribution >= 4 is 17.5 Å². The van der Waals surface area contributed by atoms with E-state index in [1.807, 2.05) is 25.1 Å². The third-order valence-corrected chi connectivity index (χ3v) is 2.94. The number of halogens is 1. The van der Waals surface area contributed by atoms with E-state index in [1.165, 1.54) is 0 Å². The van der Waals surface area contributed by atoms with Gasteiger partial charge < -0.3 is 15.8 Å². The highest BCUT2D eigenvalue weighted by molar-refractivity contribution is 6.32. The molecule has 1 aromatic rings. The topological polar surface area (TPSA) is 64.3 Å². The summed E-state index contributed by atoms with van der Waals surface area (Å²) in [5.41, 5.74) is 6.39. The SMILES string of the molecule is CCOc1ccc(CCC(=O)NCCCN)cc1Cl. The Morgan fingerprint density at radius 2 is 2.26 bits per heavy atom. The minimum Gasteiger partial charge on any atom is -0.492 e. The van der Waals surface area contributed by atoms with E-state index >= 15 is 0 Å². The molecule has 0 fully saturated rings. The molecule has 0 heterocycles. The summed E-state index contributed by atoms with van der Waals surface area (Å²) in [5.74, 6) is 0.721. The van der Waals surface area contributed by atoms with Crippen molar-refractivity contribution in [1.29, 1.82) is 0 Å². The van der Waals surface area contributed by atoms with Gasteiger partial charge in [-0.3, -0.25) is 4.79 Å². The van der Waals surface area contributed by atoms with E-state index < -0.39 is 0 Å². The molecule has 0 aliphatic rings. The van der Waals surface area contributed by atoms with Crippen molar-refractivity contribution in [2.75, 3.05) is 19.7 Å². The maximum absolute atomic E-state index is 11.5. The maximum atomic E-state index is 11.5. The molecule has 0 spiro atoms. The van der Waals surface area contributed by atoms with Crippen LogP contribution in [0.5, 0.6) is 5.75 Å². The molecule has 0 unspecified atom stereocenters. The predicted octanol–water partition coefficient (Wildman–Crippen LogP) is 2.14.